The summed E-state index contributed by atoms with van der Waals surface area (Å²) in [5.74, 6) is 0.763. The minimum absolute atomic E-state index is 0.0480. The molecule has 0 heterocycles. The van der Waals surface area contributed by atoms with Gasteiger partial charge in [-0.1, -0.05) is 20.8 Å². The van der Waals surface area contributed by atoms with Gasteiger partial charge in [0.25, 0.3) is 0 Å². The van der Waals surface area contributed by atoms with E-state index in [-0.39, 0.29) is 24.2 Å². The van der Waals surface area contributed by atoms with Gasteiger partial charge in [0.1, 0.15) is 5.75 Å². The van der Waals surface area contributed by atoms with E-state index in [2.05, 4.69) is 26.1 Å². The maximum atomic E-state index is 9.22. The van der Waals surface area contributed by atoms with E-state index in [9.17, 15) is 5.11 Å². The lowest BCUT2D eigenvalue weighted by Crippen LogP contribution is -2.34. The molecule has 1 aromatic carbocycles. The van der Waals surface area contributed by atoms with Gasteiger partial charge in [-0.15, -0.1) is 0 Å². The van der Waals surface area contributed by atoms with Gasteiger partial charge in [-0.05, 0) is 31.7 Å². The Kier molecular flexibility index (Phi) is 5.69. The van der Waals surface area contributed by atoms with E-state index < -0.39 is 0 Å². The first-order valence-corrected chi connectivity index (χ1v) is 7.17. The summed E-state index contributed by atoms with van der Waals surface area (Å²) >= 11 is 0. The SMILES string of the molecule is CC(C)Oc1cc(N)cc(NC(CCO)C(C)(C)C)c1. The lowest BCUT2D eigenvalue weighted by Gasteiger charge is -2.32. The number of hydrogen-bond donors (Lipinski definition) is 3. The van der Waals surface area contributed by atoms with Crippen LogP contribution in [0.4, 0.5) is 11.4 Å². The highest BCUT2D eigenvalue weighted by atomic mass is 16.5. The lowest BCUT2D eigenvalue weighted by atomic mass is 9.85. The molecule has 0 aliphatic rings. The van der Waals surface area contributed by atoms with Crippen molar-refractivity contribution < 1.29 is 9.84 Å². The molecule has 1 unspecified atom stereocenters. The summed E-state index contributed by atoms with van der Waals surface area (Å²) in [6.45, 7) is 10.6. The molecular weight excluding hydrogens is 252 g/mol. The average molecular weight is 280 g/mol. The number of ether oxygens (including phenoxy) is 1. The zero-order chi connectivity index (χ0) is 15.3. The molecule has 4 N–H and O–H groups in total. The number of anilines is 2. The minimum atomic E-state index is 0.0480. The van der Waals surface area contributed by atoms with Crippen LogP contribution in [0, 0.1) is 5.41 Å². The Morgan fingerprint density at radius 2 is 1.90 bits per heavy atom. The van der Waals surface area contributed by atoms with Gasteiger partial charge >= 0.3 is 0 Å². The van der Waals surface area contributed by atoms with Crippen molar-refractivity contribution in [2.24, 2.45) is 5.41 Å². The fourth-order valence-corrected chi connectivity index (χ4v) is 2.10. The maximum Gasteiger partial charge on any atom is 0.123 e. The molecule has 4 heteroatoms. The molecule has 1 atom stereocenters. The van der Waals surface area contributed by atoms with E-state index >= 15 is 0 Å². The zero-order valence-electron chi connectivity index (χ0n) is 13.2. The van der Waals surface area contributed by atoms with Gasteiger partial charge in [-0.2, -0.15) is 0 Å². The number of rotatable bonds is 6. The van der Waals surface area contributed by atoms with Gasteiger partial charge < -0.3 is 20.9 Å². The molecule has 1 rings (SSSR count). The summed E-state index contributed by atoms with van der Waals surface area (Å²) in [5.41, 5.74) is 7.57. The topological polar surface area (TPSA) is 67.5 Å². The quantitative estimate of drug-likeness (QED) is 0.700. The van der Waals surface area contributed by atoms with Crippen LogP contribution in [0.15, 0.2) is 18.2 Å². The van der Waals surface area contributed by atoms with Crippen molar-refractivity contribution in [1.29, 1.82) is 0 Å². The Morgan fingerprint density at radius 3 is 2.40 bits per heavy atom. The maximum absolute atomic E-state index is 9.22. The van der Waals surface area contributed by atoms with Crippen LogP contribution in [0.3, 0.4) is 0 Å². The number of hydrogen-bond acceptors (Lipinski definition) is 4. The fourth-order valence-electron chi connectivity index (χ4n) is 2.10. The molecule has 0 saturated carbocycles. The van der Waals surface area contributed by atoms with E-state index in [1.165, 1.54) is 0 Å². The first-order chi connectivity index (χ1) is 9.22. The van der Waals surface area contributed by atoms with Gasteiger partial charge in [-0.3, -0.25) is 0 Å². The highest BCUT2D eigenvalue weighted by Gasteiger charge is 2.24. The predicted molar refractivity (Wildman–Crippen MR) is 85.2 cm³/mol. The van der Waals surface area contributed by atoms with Crippen LogP contribution in [0.5, 0.6) is 5.75 Å². The largest absolute Gasteiger partial charge is 0.491 e. The van der Waals surface area contributed by atoms with E-state index in [0.29, 0.717) is 12.1 Å². The second-order valence-corrected chi connectivity index (χ2v) is 6.53. The van der Waals surface area contributed by atoms with Crippen LogP contribution in [-0.4, -0.2) is 23.9 Å². The van der Waals surface area contributed by atoms with Crippen LogP contribution in [0.25, 0.3) is 0 Å². The molecule has 0 fully saturated rings. The molecule has 0 amide bonds. The van der Waals surface area contributed by atoms with E-state index in [1.54, 1.807) is 0 Å². The van der Waals surface area contributed by atoms with Crippen molar-refractivity contribution in [1.82, 2.24) is 0 Å². The normalized spacial score (nSPS) is 13.3. The third-order valence-corrected chi connectivity index (χ3v) is 3.10. The number of nitrogens with two attached hydrogens (primary N) is 1. The van der Waals surface area contributed by atoms with Crippen LogP contribution in [0.1, 0.15) is 41.0 Å². The third kappa shape index (κ3) is 5.29. The highest BCUT2D eigenvalue weighted by molar-refractivity contribution is 5.59. The number of nitrogen functional groups attached to an aromatic ring is 1. The molecule has 0 radical (unpaired) electrons. The standard InChI is InChI=1S/C16H28N2O2/c1-11(2)20-14-9-12(17)8-13(10-14)18-15(6-7-19)16(3,4)5/h8-11,15,18-19H,6-7,17H2,1-5H3. The molecule has 0 saturated heterocycles. The van der Waals surface area contributed by atoms with Gasteiger partial charge in [0.2, 0.25) is 0 Å². The van der Waals surface area contributed by atoms with Gasteiger partial charge in [0, 0.05) is 36.2 Å². The zero-order valence-corrected chi connectivity index (χ0v) is 13.2. The monoisotopic (exact) mass is 280 g/mol. The summed E-state index contributed by atoms with van der Waals surface area (Å²) in [7, 11) is 0. The van der Waals surface area contributed by atoms with Crippen LogP contribution in [-0.2, 0) is 0 Å². The van der Waals surface area contributed by atoms with E-state index in [1.807, 2.05) is 32.0 Å². The van der Waals surface area contributed by atoms with Crippen molar-refractivity contribution in [2.45, 2.75) is 53.2 Å². The number of benzene rings is 1. The first-order valence-electron chi connectivity index (χ1n) is 7.17. The second kappa shape index (κ2) is 6.84. The third-order valence-electron chi connectivity index (χ3n) is 3.10. The Labute approximate surface area is 122 Å². The molecule has 0 spiro atoms. The Morgan fingerprint density at radius 1 is 1.25 bits per heavy atom. The van der Waals surface area contributed by atoms with Crippen molar-refractivity contribution in [3.05, 3.63) is 18.2 Å². The Hall–Kier alpha value is -1.42. The van der Waals surface area contributed by atoms with Crippen molar-refractivity contribution in [3.8, 4) is 5.75 Å². The summed E-state index contributed by atoms with van der Waals surface area (Å²) < 4.78 is 5.69. The van der Waals surface area contributed by atoms with Gasteiger partial charge in [-0.25, -0.2) is 0 Å². The molecule has 0 aliphatic carbocycles. The summed E-state index contributed by atoms with van der Waals surface area (Å²) in [5, 5.41) is 12.7. The summed E-state index contributed by atoms with van der Waals surface area (Å²) in [6.07, 6.45) is 0.805. The van der Waals surface area contributed by atoms with Crippen LogP contribution < -0.4 is 15.8 Å². The molecule has 114 valence electrons. The van der Waals surface area contributed by atoms with Crippen molar-refractivity contribution in [3.63, 3.8) is 0 Å². The van der Waals surface area contributed by atoms with Crippen molar-refractivity contribution in [2.75, 3.05) is 17.7 Å². The van der Waals surface area contributed by atoms with E-state index in [4.69, 9.17) is 10.5 Å². The highest BCUT2D eigenvalue weighted by Crippen LogP contribution is 2.29. The fraction of sp³-hybridized carbons (Fsp3) is 0.625. The number of nitrogens with one attached hydrogen (secondary N) is 1. The first kappa shape index (κ1) is 16.6. The Balaban J connectivity index is 2.92. The van der Waals surface area contributed by atoms with Crippen molar-refractivity contribution >= 4 is 11.4 Å². The van der Waals surface area contributed by atoms with Crippen LogP contribution in [0.2, 0.25) is 0 Å². The summed E-state index contributed by atoms with van der Waals surface area (Å²) in [6, 6.07) is 5.83. The lowest BCUT2D eigenvalue weighted by molar-refractivity contribution is 0.235. The molecule has 0 aliphatic heterocycles. The average Bonchev–Trinajstić information content (AvgIpc) is 2.25. The molecule has 1 aromatic rings. The number of aliphatic hydroxyl groups is 1. The molecule has 20 heavy (non-hydrogen) atoms. The van der Waals surface area contributed by atoms with Gasteiger partial charge in [0.05, 0.1) is 6.10 Å². The molecule has 0 aromatic heterocycles. The smallest absolute Gasteiger partial charge is 0.123 e. The minimum Gasteiger partial charge on any atom is -0.491 e. The Bertz CT molecular complexity index is 425. The summed E-state index contributed by atoms with van der Waals surface area (Å²) in [4.78, 5) is 0. The predicted octanol–water partition coefficient (Wildman–Crippen LogP) is 3.27. The molecular formula is C16H28N2O2. The van der Waals surface area contributed by atoms with E-state index in [0.717, 1.165) is 11.4 Å². The molecule has 0 bridgehead atoms. The van der Waals surface area contributed by atoms with Crippen LogP contribution >= 0.6 is 0 Å². The molecule has 4 nitrogen and oxygen atoms in total. The van der Waals surface area contributed by atoms with Gasteiger partial charge in [0.15, 0.2) is 0 Å². The number of aliphatic hydroxyl groups excluding tert-OH is 1. The second-order valence-electron chi connectivity index (χ2n) is 6.53.